The molecule has 0 saturated heterocycles. The zero-order chi connectivity index (χ0) is 12.8. The second kappa shape index (κ2) is 6.11. The van der Waals surface area contributed by atoms with E-state index in [1.54, 1.807) is 12.4 Å². The minimum atomic E-state index is 0.394. The van der Waals surface area contributed by atoms with Gasteiger partial charge in [-0.15, -0.1) is 5.10 Å². The highest BCUT2D eigenvalue weighted by Gasteiger charge is 2.05. The van der Waals surface area contributed by atoms with Crippen LogP contribution in [0.15, 0.2) is 28.9 Å². The van der Waals surface area contributed by atoms with Gasteiger partial charge in [-0.05, 0) is 17.7 Å². The van der Waals surface area contributed by atoms with E-state index in [2.05, 4.69) is 39.7 Å². The molecule has 0 aromatic carbocycles. The highest BCUT2D eigenvalue weighted by atomic mass is 16.4. The number of aromatic nitrogens is 3. The third-order valence-electron chi connectivity index (χ3n) is 2.32. The Balaban J connectivity index is 1.83. The molecule has 0 atom stereocenters. The normalized spacial score (nSPS) is 10.8. The monoisotopic (exact) mass is 247 g/mol. The molecule has 0 amide bonds. The van der Waals surface area contributed by atoms with Gasteiger partial charge in [0.2, 0.25) is 5.89 Å². The summed E-state index contributed by atoms with van der Waals surface area (Å²) in [5.41, 5.74) is 1.12. The number of rotatable bonds is 6. The molecule has 2 heterocycles. The van der Waals surface area contributed by atoms with Crippen molar-refractivity contribution < 1.29 is 4.42 Å². The van der Waals surface area contributed by atoms with Crippen LogP contribution in [-0.4, -0.2) is 21.2 Å². The first-order valence-electron chi connectivity index (χ1n) is 5.92. The van der Waals surface area contributed by atoms with Crippen LogP contribution >= 0.6 is 0 Å². The molecule has 2 aromatic rings. The van der Waals surface area contributed by atoms with E-state index in [9.17, 15) is 0 Å². The number of hydrogen-bond acceptors (Lipinski definition) is 6. The van der Waals surface area contributed by atoms with Crippen LogP contribution in [0.4, 0.5) is 6.01 Å². The van der Waals surface area contributed by atoms with Crippen molar-refractivity contribution in [1.29, 1.82) is 0 Å². The Bertz CT molecular complexity index is 468. The SMILES string of the molecule is CC(C)NCc1nnc(NCc2ccncc2)o1. The average Bonchev–Trinajstić information content (AvgIpc) is 2.83. The van der Waals surface area contributed by atoms with Crippen LogP contribution in [0.1, 0.15) is 25.3 Å². The van der Waals surface area contributed by atoms with E-state index in [0.717, 1.165) is 5.56 Å². The van der Waals surface area contributed by atoms with Crippen LogP contribution in [-0.2, 0) is 13.1 Å². The summed E-state index contributed by atoms with van der Waals surface area (Å²) in [4.78, 5) is 3.96. The number of pyridine rings is 1. The van der Waals surface area contributed by atoms with E-state index in [1.807, 2.05) is 12.1 Å². The minimum absolute atomic E-state index is 0.394. The van der Waals surface area contributed by atoms with Gasteiger partial charge < -0.3 is 15.1 Å². The molecule has 6 heteroatoms. The molecule has 6 nitrogen and oxygen atoms in total. The fourth-order valence-corrected chi connectivity index (χ4v) is 1.37. The summed E-state index contributed by atoms with van der Waals surface area (Å²) in [6.45, 7) is 5.36. The zero-order valence-electron chi connectivity index (χ0n) is 10.6. The van der Waals surface area contributed by atoms with Gasteiger partial charge in [0, 0.05) is 25.0 Å². The molecular weight excluding hydrogens is 230 g/mol. The van der Waals surface area contributed by atoms with Gasteiger partial charge in [-0.2, -0.15) is 0 Å². The molecule has 0 spiro atoms. The Kier molecular flexibility index (Phi) is 4.25. The number of nitrogens with zero attached hydrogens (tertiary/aromatic N) is 3. The lowest BCUT2D eigenvalue weighted by molar-refractivity contribution is 0.458. The lowest BCUT2D eigenvalue weighted by atomic mass is 10.3. The van der Waals surface area contributed by atoms with Crippen molar-refractivity contribution in [3.8, 4) is 0 Å². The van der Waals surface area contributed by atoms with Gasteiger partial charge in [0.1, 0.15) is 0 Å². The lowest BCUT2D eigenvalue weighted by Crippen LogP contribution is -2.21. The van der Waals surface area contributed by atoms with Crippen LogP contribution in [0.25, 0.3) is 0 Å². The maximum absolute atomic E-state index is 5.44. The maximum atomic E-state index is 5.44. The molecule has 2 aromatic heterocycles. The van der Waals surface area contributed by atoms with Crippen molar-refractivity contribution >= 4 is 6.01 Å². The molecule has 0 fully saturated rings. The van der Waals surface area contributed by atoms with Crippen LogP contribution in [0, 0.1) is 0 Å². The van der Waals surface area contributed by atoms with Crippen molar-refractivity contribution in [3.05, 3.63) is 36.0 Å². The smallest absolute Gasteiger partial charge is 0.315 e. The minimum Gasteiger partial charge on any atom is -0.407 e. The largest absolute Gasteiger partial charge is 0.407 e. The van der Waals surface area contributed by atoms with Crippen molar-refractivity contribution in [2.24, 2.45) is 0 Å². The molecule has 0 aliphatic heterocycles. The van der Waals surface area contributed by atoms with Gasteiger partial charge in [-0.25, -0.2) is 0 Å². The Morgan fingerprint density at radius 1 is 1.17 bits per heavy atom. The van der Waals surface area contributed by atoms with E-state index in [1.165, 1.54) is 0 Å². The molecule has 0 radical (unpaired) electrons. The molecule has 18 heavy (non-hydrogen) atoms. The first-order valence-corrected chi connectivity index (χ1v) is 5.92. The van der Waals surface area contributed by atoms with Crippen LogP contribution < -0.4 is 10.6 Å². The van der Waals surface area contributed by atoms with Crippen molar-refractivity contribution in [2.45, 2.75) is 33.0 Å². The van der Waals surface area contributed by atoms with Crippen molar-refractivity contribution in [3.63, 3.8) is 0 Å². The second-order valence-electron chi connectivity index (χ2n) is 4.25. The Hall–Kier alpha value is -1.95. The molecule has 0 unspecified atom stereocenters. The van der Waals surface area contributed by atoms with Crippen LogP contribution in [0.3, 0.4) is 0 Å². The van der Waals surface area contributed by atoms with E-state index in [0.29, 0.717) is 31.0 Å². The summed E-state index contributed by atoms with van der Waals surface area (Å²) < 4.78 is 5.44. The lowest BCUT2D eigenvalue weighted by Gasteiger charge is -2.03. The summed E-state index contributed by atoms with van der Waals surface area (Å²) in [6, 6.07) is 4.70. The van der Waals surface area contributed by atoms with Gasteiger partial charge in [-0.1, -0.05) is 18.9 Å². The number of nitrogens with one attached hydrogen (secondary N) is 2. The third kappa shape index (κ3) is 3.81. The predicted molar refractivity (Wildman–Crippen MR) is 67.8 cm³/mol. The number of hydrogen-bond donors (Lipinski definition) is 2. The van der Waals surface area contributed by atoms with Gasteiger partial charge in [0.25, 0.3) is 0 Å². The Morgan fingerprint density at radius 3 is 2.67 bits per heavy atom. The van der Waals surface area contributed by atoms with E-state index in [-0.39, 0.29) is 0 Å². The highest BCUT2D eigenvalue weighted by molar-refractivity contribution is 5.21. The molecule has 0 aliphatic carbocycles. The van der Waals surface area contributed by atoms with Gasteiger partial charge in [0.15, 0.2) is 0 Å². The zero-order valence-corrected chi connectivity index (χ0v) is 10.6. The molecule has 0 saturated carbocycles. The summed E-state index contributed by atoms with van der Waals surface area (Å²) >= 11 is 0. The predicted octanol–water partition coefficient (Wildman–Crippen LogP) is 1.57. The second-order valence-corrected chi connectivity index (χ2v) is 4.25. The fourth-order valence-electron chi connectivity index (χ4n) is 1.37. The van der Waals surface area contributed by atoms with E-state index < -0.39 is 0 Å². The first-order chi connectivity index (χ1) is 8.74. The molecule has 0 aliphatic rings. The Morgan fingerprint density at radius 2 is 1.94 bits per heavy atom. The summed E-state index contributed by atoms with van der Waals surface area (Å²) in [6.07, 6.45) is 3.51. The Labute approximate surface area is 106 Å². The quantitative estimate of drug-likeness (QED) is 0.807. The van der Waals surface area contributed by atoms with Crippen molar-refractivity contribution in [2.75, 3.05) is 5.32 Å². The summed E-state index contributed by atoms with van der Waals surface area (Å²) in [5.74, 6) is 0.584. The summed E-state index contributed by atoms with van der Waals surface area (Å²) in [7, 11) is 0. The highest BCUT2D eigenvalue weighted by Crippen LogP contribution is 2.07. The standard InChI is InChI=1S/C12H17N5O/c1-9(2)14-8-11-16-17-12(18-11)15-7-10-3-5-13-6-4-10/h3-6,9,14H,7-8H2,1-2H3,(H,15,17). The molecular formula is C12H17N5O. The average molecular weight is 247 g/mol. The number of anilines is 1. The molecule has 96 valence electrons. The van der Waals surface area contributed by atoms with Crippen LogP contribution in [0.5, 0.6) is 0 Å². The topological polar surface area (TPSA) is 75.9 Å². The van der Waals surface area contributed by atoms with Crippen LogP contribution in [0.2, 0.25) is 0 Å². The molecule has 2 N–H and O–H groups in total. The molecule has 0 bridgehead atoms. The van der Waals surface area contributed by atoms with Gasteiger partial charge >= 0.3 is 6.01 Å². The van der Waals surface area contributed by atoms with E-state index >= 15 is 0 Å². The van der Waals surface area contributed by atoms with E-state index in [4.69, 9.17) is 4.42 Å². The van der Waals surface area contributed by atoms with Gasteiger partial charge in [-0.3, -0.25) is 4.98 Å². The fraction of sp³-hybridized carbons (Fsp3) is 0.417. The maximum Gasteiger partial charge on any atom is 0.315 e. The van der Waals surface area contributed by atoms with Crippen molar-refractivity contribution in [1.82, 2.24) is 20.5 Å². The third-order valence-corrected chi connectivity index (χ3v) is 2.32. The first kappa shape index (κ1) is 12.5. The molecule has 2 rings (SSSR count). The summed E-state index contributed by atoms with van der Waals surface area (Å²) in [5, 5.41) is 14.2. The van der Waals surface area contributed by atoms with Gasteiger partial charge in [0.05, 0.1) is 6.54 Å².